The van der Waals surface area contributed by atoms with E-state index in [2.05, 4.69) is 33.4 Å². The summed E-state index contributed by atoms with van der Waals surface area (Å²) in [6, 6.07) is 20.0. The van der Waals surface area contributed by atoms with Crippen LogP contribution in [0.25, 0.3) is 0 Å². The Hall–Kier alpha value is -3.20. The second-order valence-electron chi connectivity index (χ2n) is 9.33. The first-order valence-electron chi connectivity index (χ1n) is 12.9. The quantitative estimate of drug-likeness (QED) is 0.417. The summed E-state index contributed by atoms with van der Waals surface area (Å²) in [7, 11) is 1.56. The molecule has 1 unspecified atom stereocenters. The molecule has 0 aliphatic carbocycles. The topological polar surface area (TPSA) is 67.3 Å². The third-order valence-electron chi connectivity index (χ3n) is 7.12. The maximum atomic E-state index is 12.9. The number of carbonyl (C=O) groups excluding carboxylic acids is 1. The van der Waals surface area contributed by atoms with Crippen LogP contribution in [0.15, 0.2) is 66.0 Å². The second-order valence-corrected chi connectivity index (χ2v) is 10.4. The van der Waals surface area contributed by atoms with Crippen LogP contribution >= 0.6 is 11.3 Å². The highest BCUT2D eigenvalue weighted by Gasteiger charge is 2.27. The smallest absolute Gasteiger partial charge is 0.411 e. The number of thiophene rings is 1. The molecule has 0 bridgehead atoms. The Labute approximate surface area is 223 Å². The van der Waals surface area contributed by atoms with Gasteiger partial charge in [0.05, 0.1) is 6.04 Å². The molecule has 2 amide bonds. The molecule has 1 fully saturated rings. The van der Waals surface area contributed by atoms with E-state index in [-0.39, 0.29) is 11.9 Å². The molecule has 0 radical (unpaired) electrons. The van der Waals surface area contributed by atoms with Crippen LogP contribution in [0.4, 0.5) is 10.5 Å². The highest BCUT2D eigenvalue weighted by Crippen LogP contribution is 2.32. The van der Waals surface area contributed by atoms with Crippen molar-refractivity contribution in [2.75, 3.05) is 51.2 Å². The van der Waals surface area contributed by atoms with E-state index in [9.17, 15) is 14.7 Å². The van der Waals surface area contributed by atoms with E-state index in [4.69, 9.17) is 0 Å². The zero-order chi connectivity index (χ0) is 26.4. The molecule has 1 saturated heterocycles. The number of hydrogen-bond acceptors (Lipinski definition) is 5. The number of carboxylic acid groups (broad SMARTS) is 1. The Morgan fingerprint density at radius 1 is 0.946 bits per heavy atom. The lowest BCUT2D eigenvalue weighted by molar-refractivity contribution is 0.0772. The van der Waals surface area contributed by atoms with Crippen LogP contribution in [0.5, 0.6) is 0 Å². The molecule has 0 spiro atoms. The number of nitrogens with zero attached hydrogens (tertiary/aromatic N) is 4. The second kappa shape index (κ2) is 12.4. The average molecular weight is 521 g/mol. The summed E-state index contributed by atoms with van der Waals surface area (Å²) in [6.07, 6.45) is -0.991. The van der Waals surface area contributed by atoms with Gasteiger partial charge in [0.1, 0.15) is 0 Å². The fourth-order valence-corrected chi connectivity index (χ4v) is 5.68. The van der Waals surface area contributed by atoms with Crippen molar-refractivity contribution < 1.29 is 14.7 Å². The van der Waals surface area contributed by atoms with Gasteiger partial charge in [0.25, 0.3) is 5.91 Å². The monoisotopic (exact) mass is 520 g/mol. The molecule has 1 atom stereocenters. The average Bonchev–Trinajstić information content (AvgIpc) is 3.43. The first-order valence-corrected chi connectivity index (χ1v) is 13.7. The van der Waals surface area contributed by atoms with Crippen LogP contribution in [-0.4, -0.2) is 78.1 Å². The summed E-state index contributed by atoms with van der Waals surface area (Å²) >= 11 is 1.79. The summed E-state index contributed by atoms with van der Waals surface area (Å²) in [4.78, 5) is 33.9. The number of amides is 2. The lowest BCUT2D eigenvalue weighted by Crippen LogP contribution is -2.47. The van der Waals surface area contributed by atoms with Gasteiger partial charge >= 0.3 is 6.09 Å². The lowest BCUT2D eigenvalue weighted by atomic mass is 9.94. The van der Waals surface area contributed by atoms with Crippen molar-refractivity contribution in [3.05, 3.63) is 87.6 Å². The lowest BCUT2D eigenvalue weighted by Gasteiger charge is -2.40. The molecule has 1 N–H and O–H groups in total. The van der Waals surface area contributed by atoms with Crippen LogP contribution < -0.4 is 4.90 Å². The number of rotatable bonds is 9. The third kappa shape index (κ3) is 6.39. The fraction of sp³-hybridized carbons (Fsp3) is 0.379. The van der Waals surface area contributed by atoms with Gasteiger partial charge in [-0.1, -0.05) is 30.3 Å². The normalized spacial score (nSPS) is 15.3. The van der Waals surface area contributed by atoms with E-state index in [1.54, 1.807) is 18.4 Å². The van der Waals surface area contributed by atoms with Crippen LogP contribution in [0.3, 0.4) is 0 Å². The molecule has 2 aromatic carbocycles. The number of benzene rings is 2. The van der Waals surface area contributed by atoms with Gasteiger partial charge in [-0.3, -0.25) is 19.5 Å². The van der Waals surface area contributed by atoms with Gasteiger partial charge in [-0.25, -0.2) is 4.79 Å². The predicted octanol–water partition coefficient (Wildman–Crippen LogP) is 5.25. The van der Waals surface area contributed by atoms with E-state index >= 15 is 0 Å². The Bertz CT molecular complexity index is 1170. The van der Waals surface area contributed by atoms with Crippen molar-refractivity contribution in [2.24, 2.45) is 0 Å². The van der Waals surface area contributed by atoms with E-state index < -0.39 is 6.09 Å². The summed E-state index contributed by atoms with van der Waals surface area (Å²) in [6.45, 7) is 10.0. The molecule has 3 aromatic rings. The zero-order valence-electron chi connectivity index (χ0n) is 21.8. The highest BCUT2D eigenvalue weighted by molar-refractivity contribution is 7.09. The Morgan fingerprint density at radius 2 is 1.65 bits per heavy atom. The maximum Gasteiger partial charge on any atom is 0.411 e. The number of carbonyl (C=O) groups is 2. The maximum absolute atomic E-state index is 12.9. The van der Waals surface area contributed by atoms with E-state index in [0.29, 0.717) is 24.3 Å². The standard InChI is InChI=1S/C29H36N4O3S/c1-4-32(5-2)28(34)23-13-11-22(12-14-23)27(24-8-6-9-25(20-24)30(3)29(35)36)33-17-15-31(16-18-33)21-26-10-7-19-37-26/h6-14,19-20,27H,4-5,15-18,21H2,1-3H3,(H,35,36). The summed E-state index contributed by atoms with van der Waals surface area (Å²) < 4.78 is 0. The van der Waals surface area contributed by atoms with Crippen molar-refractivity contribution in [2.45, 2.75) is 26.4 Å². The SMILES string of the molecule is CCN(CC)C(=O)c1ccc(C(c2cccc(N(C)C(=O)O)c2)N2CCN(Cc3cccs3)CC2)cc1. The molecule has 7 nitrogen and oxygen atoms in total. The van der Waals surface area contributed by atoms with Crippen molar-refractivity contribution in [3.63, 3.8) is 0 Å². The van der Waals surface area contributed by atoms with Crippen LogP contribution in [0.1, 0.15) is 46.3 Å². The molecular formula is C29H36N4O3S. The number of hydrogen-bond donors (Lipinski definition) is 1. The minimum Gasteiger partial charge on any atom is -0.465 e. The first kappa shape index (κ1) is 26.9. The summed E-state index contributed by atoms with van der Waals surface area (Å²) in [5.41, 5.74) is 3.46. The molecule has 1 aromatic heterocycles. The van der Waals surface area contributed by atoms with Gasteiger partial charge in [-0.05, 0) is 60.7 Å². The van der Waals surface area contributed by atoms with Crippen molar-refractivity contribution >= 4 is 29.0 Å². The molecule has 4 rings (SSSR count). The highest BCUT2D eigenvalue weighted by atomic mass is 32.1. The molecule has 0 saturated carbocycles. The Kier molecular flexibility index (Phi) is 8.97. The Balaban J connectivity index is 1.61. The van der Waals surface area contributed by atoms with E-state index in [1.807, 2.05) is 61.2 Å². The molecule has 1 aliphatic heterocycles. The van der Waals surface area contributed by atoms with Crippen molar-refractivity contribution in [1.82, 2.24) is 14.7 Å². The van der Waals surface area contributed by atoms with Gasteiger partial charge in [0.2, 0.25) is 0 Å². The number of anilines is 1. The molecule has 37 heavy (non-hydrogen) atoms. The van der Waals surface area contributed by atoms with Crippen LogP contribution in [0.2, 0.25) is 0 Å². The van der Waals surface area contributed by atoms with Gasteiger partial charge in [-0.15, -0.1) is 11.3 Å². The molecule has 2 heterocycles. The fourth-order valence-electron chi connectivity index (χ4n) is 4.93. The van der Waals surface area contributed by atoms with Crippen molar-refractivity contribution in [1.29, 1.82) is 0 Å². The van der Waals surface area contributed by atoms with E-state index in [1.165, 1.54) is 9.78 Å². The molecule has 196 valence electrons. The minimum absolute atomic E-state index is 0.0383. The first-order chi connectivity index (χ1) is 17.9. The summed E-state index contributed by atoms with van der Waals surface area (Å²) in [5, 5.41) is 11.6. The summed E-state index contributed by atoms with van der Waals surface area (Å²) in [5.74, 6) is 0.0420. The molecular weight excluding hydrogens is 484 g/mol. The van der Waals surface area contributed by atoms with Crippen molar-refractivity contribution in [3.8, 4) is 0 Å². The Morgan fingerprint density at radius 3 is 2.24 bits per heavy atom. The van der Waals surface area contributed by atoms with E-state index in [0.717, 1.165) is 43.9 Å². The zero-order valence-corrected chi connectivity index (χ0v) is 22.7. The van der Waals surface area contributed by atoms with Crippen LogP contribution in [0, 0.1) is 0 Å². The predicted molar refractivity (Wildman–Crippen MR) is 150 cm³/mol. The molecule has 8 heteroatoms. The van der Waals surface area contributed by atoms with Gasteiger partial charge in [0.15, 0.2) is 0 Å². The van der Waals surface area contributed by atoms with Gasteiger partial charge in [0, 0.05) is 69.0 Å². The molecule has 1 aliphatic rings. The van der Waals surface area contributed by atoms with Crippen LogP contribution in [-0.2, 0) is 6.54 Å². The largest absolute Gasteiger partial charge is 0.465 e. The third-order valence-corrected chi connectivity index (χ3v) is 7.98. The van der Waals surface area contributed by atoms with Gasteiger partial charge < -0.3 is 10.0 Å². The minimum atomic E-state index is -0.991. The van der Waals surface area contributed by atoms with Gasteiger partial charge in [-0.2, -0.15) is 0 Å². The number of piperazine rings is 1.